The Morgan fingerprint density at radius 3 is 2.39 bits per heavy atom. The molecule has 3 aromatic carbocycles. The van der Waals surface area contributed by atoms with Gasteiger partial charge in [0.05, 0.1) is 27.4 Å². The van der Waals surface area contributed by atoms with Crippen LogP contribution in [-0.4, -0.2) is 25.9 Å². The minimum Gasteiger partial charge on any atom is -0.450 e. The topological polar surface area (TPSA) is 133 Å². The molecular weight excluding hydrogens is 517 g/mol. The number of carbonyl (C=O) groups is 2. The third-order valence-corrected chi connectivity index (χ3v) is 6.27. The summed E-state index contributed by atoms with van der Waals surface area (Å²) in [5.41, 5.74) is -0.466. The molecule has 0 aromatic heterocycles. The van der Waals surface area contributed by atoms with E-state index in [0.29, 0.717) is 17.3 Å². The van der Waals surface area contributed by atoms with Gasteiger partial charge in [-0.3, -0.25) is 34.7 Å². The number of hydrogen-bond donors (Lipinski definition) is 0. The van der Waals surface area contributed by atoms with Crippen LogP contribution in [0.5, 0.6) is 11.5 Å². The average Bonchev–Trinajstić information content (AvgIpc) is 3.09. The normalized spacial score (nSPS) is 14.4. The summed E-state index contributed by atoms with van der Waals surface area (Å²) in [7, 11) is 0. The number of thioether (sulfide) groups is 1. The number of nitrogens with zero attached hydrogens (tertiary/aromatic N) is 3. The van der Waals surface area contributed by atoms with Crippen LogP contribution in [0.25, 0.3) is 6.08 Å². The van der Waals surface area contributed by atoms with E-state index < -0.39 is 38.2 Å². The van der Waals surface area contributed by atoms with Crippen LogP contribution < -0.4 is 4.74 Å². The van der Waals surface area contributed by atoms with Crippen LogP contribution in [0.3, 0.4) is 0 Å². The predicted molar refractivity (Wildman–Crippen MR) is 129 cm³/mol. The van der Waals surface area contributed by atoms with Crippen molar-refractivity contribution in [1.29, 1.82) is 0 Å². The van der Waals surface area contributed by atoms with Crippen molar-refractivity contribution in [3.63, 3.8) is 0 Å². The molecule has 4 rings (SSSR count). The van der Waals surface area contributed by atoms with Crippen LogP contribution in [0, 0.1) is 26.0 Å². The van der Waals surface area contributed by atoms with Crippen molar-refractivity contribution in [1.82, 2.24) is 4.90 Å². The van der Waals surface area contributed by atoms with Gasteiger partial charge in [0.2, 0.25) is 5.75 Å². The number of nitro groups is 2. The molecule has 0 atom stereocenters. The first-order valence-electron chi connectivity index (χ1n) is 10.0. The Balaban J connectivity index is 1.51. The lowest BCUT2D eigenvalue weighted by Crippen LogP contribution is -2.28. The van der Waals surface area contributed by atoms with Gasteiger partial charge < -0.3 is 4.74 Å². The number of benzene rings is 3. The number of hydrogen-bond acceptors (Lipinski definition) is 8. The van der Waals surface area contributed by atoms with E-state index in [1.54, 1.807) is 12.1 Å². The molecule has 2 amide bonds. The molecule has 182 valence electrons. The number of nitro benzene ring substituents is 2. The number of amides is 2. The van der Waals surface area contributed by atoms with E-state index in [-0.39, 0.29) is 33.5 Å². The Morgan fingerprint density at radius 1 is 1.03 bits per heavy atom. The fraction of sp³-hybridized carbons (Fsp3) is 0.0435. The van der Waals surface area contributed by atoms with Gasteiger partial charge in [0.25, 0.3) is 16.8 Å². The minimum absolute atomic E-state index is 0.0320. The molecule has 10 nitrogen and oxygen atoms in total. The Hall–Kier alpha value is -4.29. The molecule has 1 aliphatic rings. The predicted octanol–water partition coefficient (Wildman–Crippen LogP) is 6.32. The Morgan fingerprint density at radius 2 is 1.75 bits per heavy atom. The lowest BCUT2D eigenvalue weighted by atomic mass is 10.2. The van der Waals surface area contributed by atoms with Crippen molar-refractivity contribution < 1.29 is 28.6 Å². The van der Waals surface area contributed by atoms with Crippen molar-refractivity contribution in [2.45, 2.75) is 6.54 Å². The minimum atomic E-state index is -0.790. The lowest BCUT2D eigenvalue weighted by molar-refractivity contribution is -0.394. The zero-order valence-corrected chi connectivity index (χ0v) is 19.5. The molecule has 0 aliphatic carbocycles. The fourth-order valence-corrected chi connectivity index (χ4v) is 4.30. The molecule has 0 bridgehead atoms. The van der Waals surface area contributed by atoms with E-state index in [0.717, 1.165) is 23.1 Å². The summed E-state index contributed by atoms with van der Waals surface area (Å²) < 4.78 is 19.6. The van der Waals surface area contributed by atoms with Gasteiger partial charge in [-0.2, -0.15) is 0 Å². The fourth-order valence-electron chi connectivity index (χ4n) is 3.24. The second-order valence-electron chi connectivity index (χ2n) is 7.31. The molecule has 3 aromatic rings. The smallest absolute Gasteiger partial charge is 0.318 e. The van der Waals surface area contributed by atoms with Gasteiger partial charge in [0.15, 0.2) is 0 Å². The molecule has 0 saturated carbocycles. The summed E-state index contributed by atoms with van der Waals surface area (Å²) in [6, 6.07) is 13.1. The summed E-state index contributed by atoms with van der Waals surface area (Å²) in [5, 5.41) is 21.7. The van der Waals surface area contributed by atoms with Gasteiger partial charge in [0.1, 0.15) is 11.6 Å². The van der Waals surface area contributed by atoms with Gasteiger partial charge >= 0.3 is 5.69 Å². The van der Waals surface area contributed by atoms with E-state index in [1.165, 1.54) is 36.4 Å². The number of rotatable bonds is 7. The molecule has 1 heterocycles. The summed E-state index contributed by atoms with van der Waals surface area (Å²) in [6.07, 6.45) is 1.46. The highest BCUT2D eigenvalue weighted by molar-refractivity contribution is 8.18. The Kier molecular flexibility index (Phi) is 6.99. The van der Waals surface area contributed by atoms with Crippen LogP contribution >= 0.6 is 23.4 Å². The summed E-state index contributed by atoms with van der Waals surface area (Å²) in [4.78, 5) is 46.7. The van der Waals surface area contributed by atoms with Crippen molar-refractivity contribution in [2.24, 2.45) is 0 Å². The molecule has 0 unspecified atom stereocenters. The highest BCUT2D eigenvalue weighted by Crippen LogP contribution is 2.36. The maximum Gasteiger partial charge on any atom is 0.318 e. The number of non-ortho nitro benzene ring substituents is 1. The maximum atomic E-state index is 14.1. The van der Waals surface area contributed by atoms with Gasteiger partial charge in [-0.1, -0.05) is 29.8 Å². The van der Waals surface area contributed by atoms with Crippen LogP contribution in [-0.2, 0) is 11.3 Å². The molecule has 1 saturated heterocycles. The van der Waals surface area contributed by atoms with E-state index in [1.807, 2.05) is 0 Å². The number of imide groups is 1. The SMILES string of the molecule is O=C1SC(=Cc2ccc(Oc3ccc([N+](=O)[O-])cc3[N+](=O)[O-])cc2)C(=O)N1Cc1c(F)cccc1Cl. The zero-order valence-electron chi connectivity index (χ0n) is 17.9. The van der Waals surface area contributed by atoms with E-state index in [4.69, 9.17) is 16.3 Å². The molecule has 0 spiro atoms. The van der Waals surface area contributed by atoms with Crippen LogP contribution in [0.4, 0.5) is 20.6 Å². The monoisotopic (exact) mass is 529 g/mol. The van der Waals surface area contributed by atoms with Crippen molar-refractivity contribution in [3.05, 3.63) is 108 Å². The average molecular weight is 530 g/mol. The van der Waals surface area contributed by atoms with Crippen molar-refractivity contribution in [2.75, 3.05) is 0 Å². The summed E-state index contributed by atoms with van der Waals surface area (Å²) in [5.74, 6) is -1.22. The highest BCUT2D eigenvalue weighted by atomic mass is 35.5. The number of carbonyl (C=O) groups excluding carboxylic acids is 2. The highest BCUT2D eigenvalue weighted by Gasteiger charge is 2.36. The molecule has 13 heteroatoms. The van der Waals surface area contributed by atoms with Gasteiger partial charge in [0, 0.05) is 16.7 Å². The Bertz CT molecular complexity index is 1430. The quantitative estimate of drug-likeness (QED) is 0.197. The number of halogens is 2. The van der Waals surface area contributed by atoms with Crippen LogP contribution in [0.15, 0.2) is 65.6 Å². The Labute approximate surface area is 211 Å². The summed E-state index contributed by atoms with van der Waals surface area (Å²) in [6.45, 7) is -0.311. The maximum absolute atomic E-state index is 14.1. The van der Waals surface area contributed by atoms with Crippen LogP contribution in [0.2, 0.25) is 5.02 Å². The first-order valence-corrected chi connectivity index (χ1v) is 11.2. The first-order chi connectivity index (χ1) is 17.1. The van der Waals surface area contributed by atoms with Crippen molar-refractivity contribution >= 4 is 52.0 Å². The number of ether oxygens (including phenoxy) is 1. The molecule has 0 N–H and O–H groups in total. The van der Waals surface area contributed by atoms with E-state index >= 15 is 0 Å². The van der Waals surface area contributed by atoms with Gasteiger partial charge in [-0.15, -0.1) is 0 Å². The zero-order chi connectivity index (χ0) is 26.0. The third-order valence-electron chi connectivity index (χ3n) is 5.01. The second kappa shape index (κ2) is 10.1. The van der Waals surface area contributed by atoms with Gasteiger partial charge in [-0.05, 0) is 53.7 Å². The van der Waals surface area contributed by atoms with Crippen LogP contribution in [0.1, 0.15) is 11.1 Å². The second-order valence-corrected chi connectivity index (χ2v) is 8.71. The molecule has 0 radical (unpaired) electrons. The van der Waals surface area contributed by atoms with E-state index in [2.05, 4.69) is 0 Å². The molecule has 1 fully saturated rings. The standard InChI is InChI=1S/C23H13ClFN3O7S/c24-17-2-1-3-18(25)16(17)12-26-22(29)21(36-23(26)30)10-13-4-7-15(8-5-13)35-20-9-6-14(27(31)32)11-19(20)28(33)34/h1-11H,12H2. The third kappa shape index (κ3) is 5.19. The summed E-state index contributed by atoms with van der Waals surface area (Å²) >= 11 is 6.70. The van der Waals surface area contributed by atoms with Crippen molar-refractivity contribution in [3.8, 4) is 11.5 Å². The molecule has 36 heavy (non-hydrogen) atoms. The molecular formula is C23H13ClFN3O7S. The largest absolute Gasteiger partial charge is 0.450 e. The molecule has 1 aliphatic heterocycles. The van der Waals surface area contributed by atoms with E-state index in [9.17, 15) is 34.2 Å². The first kappa shape index (κ1) is 24.8. The van der Waals surface area contributed by atoms with Gasteiger partial charge in [-0.25, -0.2) is 4.39 Å². The lowest BCUT2D eigenvalue weighted by Gasteiger charge is -2.14.